The predicted octanol–water partition coefficient (Wildman–Crippen LogP) is 5.76. The number of carbonyl (C=O) groups is 6. The Morgan fingerprint density at radius 3 is 1.78 bits per heavy atom. The number of aromatic hydroxyl groups is 2. The largest absolute Gasteiger partial charge is 0.504 e. The summed E-state index contributed by atoms with van der Waals surface area (Å²) in [5.41, 5.74) is 1.38. The van der Waals surface area contributed by atoms with Crippen LogP contribution in [-0.2, 0) is 16.0 Å². The van der Waals surface area contributed by atoms with Crippen molar-refractivity contribution in [2.75, 3.05) is 48.8 Å². The van der Waals surface area contributed by atoms with Crippen LogP contribution in [0.3, 0.4) is 0 Å². The number of anilines is 4. The molecule has 64 heavy (non-hydrogen) atoms. The van der Waals surface area contributed by atoms with Gasteiger partial charge in [0.1, 0.15) is 5.56 Å². The highest BCUT2D eigenvalue weighted by molar-refractivity contribution is 6.10. The molecular weight excluding hydrogens is 833 g/mol. The van der Waals surface area contributed by atoms with Crippen LogP contribution < -0.4 is 45.5 Å². The molecule has 1 unspecified atom stereocenters. The highest BCUT2D eigenvalue weighted by Crippen LogP contribution is 2.41. The summed E-state index contributed by atoms with van der Waals surface area (Å²) in [7, 11) is 2.38. The van der Waals surface area contributed by atoms with Crippen molar-refractivity contribution in [2.24, 2.45) is 5.92 Å². The van der Waals surface area contributed by atoms with Gasteiger partial charge in [-0.25, -0.2) is 4.79 Å². The molecule has 0 spiro atoms. The molecule has 1 aliphatic rings. The molecule has 0 bridgehead atoms. The lowest BCUT2D eigenvalue weighted by molar-refractivity contribution is -0.119. The van der Waals surface area contributed by atoms with Crippen molar-refractivity contribution in [3.63, 3.8) is 0 Å². The summed E-state index contributed by atoms with van der Waals surface area (Å²) in [4.78, 5) is 75.7. The maximum absolute atomic E-state index is 13.1. The van der Waals surface area contributed by atoms with Crippen LogP contribution in [0.4, 0.5) is 22.7 Å². The van der Waals surface area contributed by atoms with E-state index in [1.165, 1.54) is 75.7 Å². The number of benzene rings is 5. The molecule has 8 N–H and O–H groups in total. The zero-order chi connectivity index (χ0) is 46.5. The Bertz CT molecular complexity index is 2630. The molecule has 0 saturated carbocycles. The Balaban J connectivity index is 0.00000250. The number of fused-ring (bicyclic) bond motifs is 1. The fraction of sp³-hybridized carbons (Fsp3) is 0.178. The van der Waals surface area contributed by atoms with Crippen molar-refractivity contribution in [3.8, 4) is 40.6 Å². The minimum atomic E-state index is -1.42. The van der Waals surface area contributed by atoms with Crippen LogP contribution >= 0.6 is 0 Å². The number of aromatic carboxylic acids is 1. The first kappa shape index (κ1) is 46.3. The van der Waals surface area contributed by atoms with Crippen LogP contribution in [0.5, 0.6) is 34.5 Å². The Hall–Kier alpha value is -8.79. The first-order valence-electron chi connectivity index (χ1n) is 19.1. The lowest BCUT2D eigenvalue weighted by atomic mass is 10.00. The van der Waals surface area contributed by atoms with Gasteiger partial charge in [-0.3, -0.25) is 24.0 Å². The van der Waals surface area contributed by atoms with Crippen LogP contribution in [0.15, 0.2) is 91.0 Å². The molecule has 0 aromatic heterocycles. The van der Waals surface area contributed by atoms with Gasteiger partial charge in [0.25, 0.3) is 17.7 Å². The summed E-state index contributed by atoms with van der Waals surface area (Å²) in [6.07, 6.45) is 0.483. The molecule has 0 saturated heterocycles. The molecule has 0 aliphatic carbocycles. The number of carboxylic acid groups (broad SMARTS) is 1. The van der Waals surface area contributed by atoms with Gasteiger partial charge in [0.15, 0.2) is 34.5 Å². The predicted molar refractivity (Wildman–Crippen MR) is 231 cm³/mol. The fourth-order valence-corrected chi connectivity index (χ4v) is 6.15. The van der Waals surface area contributed by atoms with Crippen LogP contribution in [0.2, 0.25) is 0 Å². The second-order valence-corrected chi connectivity index (χ2v) is 13.7. The minimum Gasteiger partial charge on any atom is -0.504 e. The van der Waals surface area contributed by atoms with Gasteiger partial charge in [-0.05, 0) is 96.9 Å². The van der Waals surface area contributed by atoms with Crippen molar-refractivity contribution >= 4 is 58.3 Å². The number of hydrogen-bond acceptors (Lipinski definition) is 13. The molecule has 6 rings (SSSR count). The number of phenols is 2. The highest BCUT2D eigenvalue weighted by atomic mass is 16.7. The number of carbonyl (C=O) groups excluding carboxylic acids is 5. The molecule has 19 heteroatoms. The Morgan fingerprint density at radius 2 is 1.20 bits per heavy atom. The van der Waals surface area contributed by atoms with E-state index in [-0.39, 0.29) is 64.7 Å². The SMILES string of the molecule is CC#N.COc1c(NC(=O)c2ccc(NC(=O)c3ccc(NC(=O)CNC(=O)c4ccc(NC(=O)C(C)Cc5ccc6c(c5)OCO6)cc4)cc3)c(OC)c2O)ccc(C(=O)O)c1O. The molecule has 19 nitrogen and oxygen atoms in total. The summed E-state index contributed by atoms with van der Waals surface area (Å²) in [5.74, 6) is -5.11. The molecule has 0 radical (unpaired) electrons. The molecule has 5 aromatic carbocycles. The highest BCUT2D eigenvalue weighted by Gasteiger charge is 2.24. The van der Waals surface area contributed by atoms with E-state index in [1.54, 1.807) is 25.1 Å². The smallest absolute Gasteiger partial charge is 0.339 e. The summed E-state index contributed by atoms with van der Waals surface area (Å²) >= 11 is 0. The molecule has 1 heterocycles. The Labute approximate surface area is 365 Å². The van der Waals surface area contributed by atoms with Gasteiger partial charge >= 0.3 is 5.97 Å². The average Bonchev–Trinajstić information content (AvgIpc) is 3.74. The number of hydrogen-bond donors (Lipinski definition) is 8. The van der Waals surface area contributed by atoms with Gasteiger partial charge in [-0.1, -0.05) is 13.0 Å². The first-order chi connectivity index (χ1) is 30.7. The van der Waals surface area contributed by atoms with E-state index in [4.69, 9.17) is 24.2 Å². The van der Waals surface area contributed by atoms with Gasteiger partial charge in [0.2, 0.25) is 18.6 Å². The van der Waals surface area contributed by atoms with Gasteiger partial charge in [0.05, 0.1) is 43.8 Å². The average molecular weight is 875 g/mol. The molecule has 1 aliphatic heterocycles. The third-order valence-electron chi connectivity index (χ3n) is 9.32. The quantitative estimate of drug-likeness (QED) is 0.0621. The van der Waals surface area contributed by atoms with Gasteiger partial charge in [-0.15, -0.1) is 0 Å². The Morgan fingerprint density at radius 1 is 0.688 bits per heavy atom. The van der Waals surface area contributed by atoms with Crippen molar-refractivity contribution < 1.29 is 63.0 Å². The van der Waals surface area contributed by atoms with E-state index >= 15 is 0 Å². The molecule has 1 atom stereocenters. The summed E-state index contributed by atoms with van der Waals surface area (Å²) in [6.45, 7) is 3.04. The molecular formula is C45H42N6O13. The lowest BCUT2D eigenvalue weighted by Gasteiger charge is -2.16. The van der Waals surface area contributed by atoms with Crippen molar-refractivity contribution in [3.05, 3.63) is 119 Å². The Kier molecular flexibility index (Phi) is 15.3. The van der Waals surface area contributed by atoms with Crippen LogP contribution in [0.1, 0.15) is 60.8 Å². The second-order valence-electron chi connectivity index (χ2n) is 13.7. The first-order valence-corrected chi connectivity index (χ1v) is 19.1. The van der Waals surface area contributed by atoms with E-state index in [0.717, 1.165) is 11.6 Å². The maximum Gasteiger partial charge on any atom is 0.339 e. The van der Waals surface area contributed by atoms with Crippen LogP contribution in [0.25, 0.3) is 0 Å². The van der Waals surface area contributed by atoms with Gasteiger partial charge in [0, 0.05) is 35.3 Å². The fourth-order valence-electron chi connectivity index (χ4n) is 6.15. The standard InChI is InChI=1S/C43H39N5O13.C2H3N/c1-22(18-23-4-17-32-33(19-23)61-21-60-32)39(52)46-27-11-5-24(6-12-27)40(53)44-20-34(49)45-26-9-7-25(8-10-26)41(54)47-30-15-13-28(35(50)37(30)58-2)42(55)48-31-16-14-29(43(56)57)36(51)38(31)59-3;1-2-3/h4-17,19,22,50-51H,18,20-21H2,1-3H3,(H,44,53)(H,45,49)(H,46,52)(H,47,54)(H,48,55)(H,56,57);1H3. The number of rotatable bonds is 15. The monoisotopic (exact) mass is 874 g/mol. The number of nitrogens with zero attached hydrogens (tertiary/aromatic N) is 1. The van der Waals surface area contributed by atoms with E-state index in [2.05, 4.69) is 26.6 Å². The van der Waals surface area contributed by atoms with E-state index in [1.807, 2.05) is 18.2 Å². The van der Waals surface area contributed by atoms with Gasteiger partial charge < -0.3 is 60.9 Å². The van der Waals surface area contributed by atoms with Crippen molar-refractivity contribution in [2.45, 2.75) is 20.3 Å². The molecule has 330 valence electrons. The minimum absolute atomic E-state index is 0.0125. The summed E-state index contributed by atoms with van der Waals surface area (Å²) in [6, 6.07) is 24.1. The van der Waals surface area contributed by atoms with E-state index in [0.29, 0.717) is 29.3 Å². The zero-order valence-electron chi connectivity index (χ0n) is 34.7. The number of methoxy groups -OCH3 is 2. The zero-order valence-corrected chi connectivity index (χ0v) is 34.7. The second kappa shape index (κ2) is 21.1. The topological polar surface area (TPSA) is 284 Å². The number of phenolic OH excluding ortho intramolecular Hbond substituents is 1. The number of carboxylic acids is 1. The third-order valence-corrected chi connectivity index (χ3v) is 9.32. The van der Waals surface area contributed by atoms with E-state index < -0.39 is 46.7 Å². The maximum atomic E-state index is 13.1. The lowest BCUT2D eigenvalue weighted by Crippen LogP contribution is -2.32. The molecule has 0 fully saturated rings. The number of nitriles is 1. The molecule has 5 amide bonds. The number of nitrogens with one attached hydrogen (secondary N) is 5. The van der Waals surface area contributed by atoms with E-state index in [9.17, 15) is 44.1 Å². The van der Waals surface area contributed by atoms with Crippen molar-refractivity contribution in [1.29, 1.82) is 5.26 Å². The van der Waals surface area contributed by atoms with Gasteiger partial charge in [-0.2, -0.15) is 5.26 Å². The number of amides is 5. The summed E-state index contributed by atoms with van der Waals surface area (Å²) in [5, 5.41) is 50.8. The van der Waals surface area contributed by atoms with Crippen molar-refractivity contribution in [1.82, 2.24) is 5.32 Å². The third kappa shape index (κ3) is 11.3. The number of ether oxygens (including phenoxy) is 4. The van der Waals surface area contributed by atoms with Crippen LogP contribution in [0, 0.1) is 17.2 Å². The summed E-state index contributed by atoms with van der Waals surface area (Å²) < 4.78 is 21.1. The molecule has 5 aromatic rings. The van der Waals surface area contributed by atoms with Crippen LogP contribution in [-0.4, -0.2) is 78.4 Å². The normalized spacial score (nSPS) is 11.3.